The molecule has 0 bridgehead atoms. The Kier molecular flexibility index (Phi) is 2.67. The molecule has 1 aliphatic rings. The van der Waals surface area contributed by atoms with Crippen LogP contribution in [0.3, 0.4) is 0 Å². The molecule has 0 aromatic carbocycles. The summed E-state index contributed by atoms with van der Waals surface area (Å²) < 4.78 is 5.44. The van der Waals surface area contributed by atoms with Gasteiger partial charge in [0.15, 0.2) is 0 Å². The maximum absolute atomic E-state index is 6.12. The summed E-state index contributed by atoms with van der Waals surface area (Å²) in [5.74, 6) is 0.696. The smallest absolute Gasteiger partial charge is 0.0799 e. The Labute approximate surface area is 82.7 Å². The molecule has 0 radical (unpaired) electrons. The molecule has 1 aliphatic carbocycles. The summed E-state index contributed by atoms with van der Waals surface area (Å²) in [5, 5.41) is 2.06. The lowest BCUT2D eigenvalue weighted by Crippen LogP contribution is -2.29. The standard InChI is InChI=1S/C10H15NOS/c1-12-10(7-4-5-7)9(11)8-3-2-6-13-8/h2-3,6-7,9-10H,4-5,11H2,1H3. The molecule has 72 valence electrons. The first-order chi connectivity index (χ1) is 6.33. The largest absolute Gasteiger partial charge is 0.379 e. The van der Waals surface area contributed by atoms with E-state index in [2.05, 4.69) is 11.4 Å². The van der Waals surface area contributed by atoms with E-state index in [0.717, 1.165) is 0 Å². The molecule has 0 amide bonds. The van der Waals surface area contributed by atoms with Crippen LogP contribution in [0.25, 0.3) is 0 Å². The number of hydrogen-bond acceptors (Lipinski definition) is 3. The van der Waals surface area contributed by atoms with E-state index in [0.29, 0.717) is 5.92 Å². The predicted octanol–water partition coefficient (Wildman–Crippen LogP) is 2.17. The van der Waals surface area contributed by atoms with Gasteiger partial charge in [0.05, 0.1) is 12.1 Å². The maximum Gasteiger partial charge on any atom is 0.0799 e. The van der Waals surface area contributed by atoms with Gasteiger partial charge in [-0.3, -0.25) is 0 Å². The molecule has 1 aromatic heterocycles. The monoisotopic (exact) mass is 197 g/mol. The number of ether oxygens (including phenoxy) is 1. The van der Waals surface area contributed by atoms with Crippen molar-refractivity contribution in [1.82, 2.24) is 0 Å². The summed E-state index contributed by atoms with van der Waals surface area (Å²) in [6.07, 6.45) is 2.77. The predicted molar refractivity (Wildman–Crippen MR) is 54.8 cm³/mol. The zero-order valence-corrected chi connectivity index (χ0v) is 8.59. The van der Waals surface area contributed by atoms with Crippen LogP contribution in [0.4, 0.5) is 0 Å². The van der Waals surface area contributed by atoms with E-state index >= 15 is 0 Å². The Hall–Kier alpha value is -0.380. The van der Waals surface area contributed by atoms with Gasteiger partial charge in [-0.1, -0.05) is 6.07 Å². The lowest BCUT2D eigenvalue weighted by Gasteiger charge is -2.21. The summed E-state index contributed by atoms with van der Waals surface area (Å²) in [5.41, 5.74) is 6.12. The first-order valence-electron chi connectivity index (χ1n) is 4.64. The number of rotatable bonds is 4. The highest BCUT2D eigenvalue weighted by molar-refractivity contribution is 7.10. The average Bonchev–Trinajstić information content (AvgIpc) is 2.83. The van der Waals surface area contributed by atoms with Gasteiger partial charge in [-0.2, -0.15) is 0 Å². The summed E-state index contributed by atoms with van der Waals surface area (Å²) in [4.78, 5) is 1.23. The van der Waals surface area contributed by atoms with Crippen LogP contribution < -0.4 is 5.73 Å². The lowest BCUT2D eigenvalue weighted by atomic mass is 10.1. The highest BCUT2D eigenvalue weighted by Crippen LogP contribution is 2.39. The van der Waals surface area contributed by atoms with Gasteiger partial charge in [0.2, 0.25) is 0 Å². The van der Waals surface area contributed by atoms with E-state index in [1.165, 1.54) is 17.7 Å². The van der Waals surface area contributed by atoms with Crippen LogP contribution in [0.15, 0.2) is 17.5 Å². The lowest BCUT2D eigenvalue weighted by molar-refractivity contribution is 0.0633. The van der Waals surface area contributed by atoms with Crippen LogP contribution >= 0.6 is 11.3 Å². The second kappa shape index (κ2) is 3.78. The van der Waals surface area contributed by atoms with E-state index in [1.807, 2.05) is 6.07 Å². The molecular weight excluding hydrogens is 182 g/mol. The molecule has 0 saturated heterocycles. The summed E-state index contributed by atoms with van der Waals surface area (Å²) in [7, 11) is 1.76. The third kappa shape index (κ3) is 1.93. The zero-order chi connectivity index (χ0) is 9.26. The van der Waals surface area contributed by atoms with Gasteiger partial charge in [-0.25, -0.2) is 0 Å². The molecule has 1 saturated carbocycles. The van der Waals surface area contributed by atoms with Gasteiger partial charge >= 0.3 is 0 Å². The van der Waals surface area contributed by atoms with Crippen LogP contribution in [-0.2, 0) is 4.74 Å². The summed E-state index contributed by atoms with van der Waals surface area (Å²) in [6.45, 7) is 0. The first kappa shape index (κ1) is 9.19. The SMILES string of the molecule is COC(C1CC1)C(N)c1cccs1. The zero-order valence-electron chi connectivity index (χ0n) is 7.77. The van der Waals surface area contributed by atoms with Crippen LogP contribution in [0.2, 0.25) is 0 Å². The first-order valence-corrected chi connectivity index (χ1v) is 5.52. The minimum atomic E-state index is 0.0671. The molecule has 2 N–H and O–H groups in total. The molecule has 2 rings (SSSR count). The van der Waals surface area contributed by atoms with Crippen molar-refractivity contribution in [2.75, 3.05) is 7.11 Å². The fraction of sp³-hybridized carbons (Fsp3) is 0.600. The van der Waals surface area contributed by atoms with Gasteiger partial charge in [0, 0.05) is 12.0 Å². The Bertz CT molecular complexity index is 256. The molecule has 1 heterocycles. The molecule has 1 fully saturated rings. The van der Waals surface area contributed by atoms with Crippen LogP contribution in [-0.4, -0.2) is 13.2 Å². The summed E-state index contributed by atoms with van der Waals surface area (Å²) in [6, 6.07) is 4.20. The quantitative estimate of drug-likeness (QED) is 0.803. The maximum atomic E-state index is 6.12. The molecule has 0 spiro atoms. The molecule has 3 heteroatoms. The fourth-order valence-electron chi connectivity index (χ4n) is 1.70. The van der Waals surface area contributed by atoms with E-state index in [9.17, 15) is 0 Å². The van der Waals surface area contributed by atoms with Crippen molar-refractivity contribution >= 4 is 11.3 Å². The Balaban J connectivity index is 2.05. The third-order valence-corrected chi connectivity index (χ3v) is 3.56. The summed E-state index contributed by atoms with van der Waals surface area (Å²) >= 11 is 1.71. The van der Waals surface area contributed by atoms with Crippen molar-refractivity contribution in [3.05, 3.63) is 22.4 Å². The molecule has 1 aromatic rings. The molecule has 2 unspecified atom stereocenters. The number of thiophene rings is 1. The average molecular weight is 197 g/mol. The highest BCUT2D eigenvalue weighted by atomic mass is 32.1. The van der Waals surface area contributed by atoms with Crippen molar-refractivity contribution < 1.29 is 4.74 Å². The third-order valence-electron chi connectivity index (χ3n) is 2.58. The van der Waals surface area contributed by atoms with Gasteiger partial charge in [-0.15, -0.1) is 11.3 Å². The van der Waals surface area contributed by atoms with Crippen molar-refractivity contribution in [3.63, 3.8) is 0 Å². The van der Waals surface area contributed by atoms with Gasteiger partial charge in [-0.05, 0) is 30.2 Å². The Morgan fingerprint density at radius 2 is 2.38 bits per heavy atom. The second-order valence-corrected chi connectivity index (χ2v) is 4.56. The Morgan fingerprint density at radius 1 is 1.62 bits per heavy atom. The molecule has 13 heavy (non-hydrogen) atoms. The van der Waals surface area contributed by atoms with Crippen molar-refractivity contribution in [3.8, 4) is 0 Å². The van der Waals surface area contributed by atoms with Crippen LogP contribution in [0.5, 0.6) is 0 Å². The van der Waals surface area contributed by atoms with Crippen LogP contribution in [0, 0.1) is 5.92 Å². The van der Waals surface area contributed by atoms with Gasteiger partial charge in [0.1, 0.15) is 0 Å². The minimum Gasteiger partial charge on any atom is -0.379 e. The van der Waals surface area contributed by atoms with E-state index in [1.54, 1.807) is 18.4 Å². The van der Waals surface area contributed by atoms with Crippen molar-refractivity contribution in [2.45, 2.75) is 25.0 Å². The van der Waals surface area contributed by atoms with Gasteiger partial charge in [0.25, 0.3) is 0 Å². The second-order valence-electron chi connectivity index (χ2n) is 3.58. The number of nitrogens with two attached hydrogens (primary N) is 1. The normalized spacial score (nSPS) is 21.4. The van der Waals surface area contributed by atoms with Crippen LogP contribution in [0.1, 0.15) is 23.8 Å². The fourth-order valence-corrected chi connectivity index (χ4v) is 2.46. The van der Waals surface area contributed by atoms with E-state index < -0.39 is 0 Å². The molecule has 2 atom stereocenters. The minimum absolute atomic E-state index is 0.0671. The van der Waals surface area contributed by atoms with Gasteiger partial charge < -0.3 is 10.5 Å². The van der Waals surface area contributed by atoms with E-state index in [4.69, 9.17) is 10.5 Å². The highest BCUT2D eigenvalue weighted by Gasteiger charge is 2.36. The topological polar surface area (TPSA) is 35.2 Å². The molecule has 2 nitrogen and oxygen atoms in total. The van der Waals surface area contributed by atoms with Crippen molar-refractivity contribution in [2.24, 2.45) is 11.7 Å². The Morgan fingerprint density at radius 3 is 2.85 bits per heavy atom. The number of methoxy groups -OCH3 is 1. The number of hydrogen-bond donors (Lipinski definition) is 1. The molecule has 0 aliphatic heterocycles. The molecular formula is C10H15NOS. The van der Waals surface area contributed by atoms with E-state index in [-0.39, 0.29) is 12.1 Å². The van der Waals surface area contributed by atoms with Crippen molar-refractivity contribution in [1.29, 1.82) is 0 Å².